The monoisotopic (exact) mass is 1140 g/mol. The molecule has 7 amide bonds. The van der Waals surface area contributed by atoms with Crippen molar-refractivity contribution < 1.29 is 92.3 Å². The summed E-state index contributed by atoms with van der Waals surface area (Å²) in [4.78, 5) is 177. The van der Waals surface area contributed by atoms with E-state index in [1.54, 1.807) is 67.6 Å². The number of aliphatic carboxylic acids is 4. The first-order chi connectivity index (χ1) is 38.0. The van der Waals surface area contributed by atoms with E-state index in [0.29, 0.717) is 17.5 Å². The molecule has 3 rings (SSSR count). The molecule has 8 atom stereocenters. The number of carbonyl (C=O) groups excluding carboxylic acids is 10. The molecule has 80 heavy (non-hydrogen) atoms. The van der Waals surface area contributed by atoms with E-state index in [1.807, 2.05) is 0 Å². The van der Waals surface area contributed by atoms with Gasteiger partial charge in [0.1, 0.15) is 17.9 Å². The Balaban J connectivity index is 1.63. The number of thioether (sulfide) groups is 1. The molecular formula is C53H69N7O19S. The van der Waals surface area contributed by atoms with E-state index in [1.165, 1.54) is 0 Å². The second-order valence-corrected chi connectivity index (χ2v) is 20.2. The number of urea groups is 1. The van der Waals surface area contributed by atoms with Crippen LogP contribution in [0.15, 0.2) is 60.7 Å². The number of carboxylic acids is 4. The third-order valence-electron chi connectivity index (χ3n) is 12.6. The van der Waals surface area contributed by atoms with Crippen LogP contribution in [0.3, 0.4) is 0 Å². The number of hydrogen-bond donors (Lipinski definition) is 10. The molecule has 0 aromatic heterocycles. The maximum Gasteiger partial charge on any atom is 0.326 e. The summed E-state index contributed by atoms with van der Waals surface area (Å²) in [6.07, 6.45) is -4.23. The Hall–Kier alpha value is -8.07. The Morgan fingerprint density at radius 1 is 0.688 bits per heavy atom. The predicted octanol–water partition coefficient (Wildman–Crippen LogP) is 0.892. The largest absolute Gasteiger partial charge is 0.481 e. The van der Waals surface area contributed by atoms with Crippen LogP contribution >= 0.6 is 11.8 Å². The summed E-state index contributed by atoms with van der Waals surface area (Å²) in [6.45, 7) is 1.40. The number of carbonyl (C=O) groups is 14. The van der Waals surface area contributed by atoms with E-state index >= 15 is 0 Å². The fourth-order valence-corrected chi connectivity index (χ4v) is 9.52. The Kier molecular flexibility index (Phi) is 28.7. The van der Waals surface area contributed by atoms with Crippen molar-refractivity contribution in [1.29, 1.82) is 0 Å². The van der Waals surface area contributed by atoms with Gasteiger partial charge in [0.2, 0.25) is 29.5 Å². The van der Waals surface area contributed by atoms with E-state index in [4.69, 9.17) is 10.8 Å². The van der Waals surface area contributed by atoms with Crippen molar-refractivity contribution in [3.8, 4) is 0 Å². The summed E-state index contributed by atoms with van der Waals surface area (Å²) >= 11 is 0.883. The lowest BCUT2D eigenvalue weighted by Crippen LogP contribution is -2.53. The van der Waals surface area contributed by atoms with Crippen LogP contribution < -0.4 is 32.3 Å². The minimum absolute atomic E-state index is 0.0160. The van der Waals surface area contributed by atoms with Gasteiger partial charge >= 0.3 is 29.9 Å². The van der Waals surface area contributed by atoms with Crippen LogP contribution in [0.25, 0.3) is 0 Å². The Morgan fingerprint density at radius 3 is 1.89 bits per heavy atom. The molecule has 0 bridgehead atoms. The predicted molar refractivity (Wildman–Crippen MR) is 283 cm³/mol. The fraction of sp³-hybridized carbons (Fsp3) is 0.509. The molecule has 0 spiro atoms. The quantitative estimate of drug-likeness (QED) is 0.0192. The highest BCUT2D eigenvalue weighted by molar-refractivity contribution is 8.00. The number of nitrogens with two attached hydrogens (primary N) is 1. The molecule has 11 N–H and O–H groups in total. The third kappa shape index (κ3) is 24.3. The lowest BCUT2D eigenvalue weighted by molar-refractivity contribution is -0.144. The average Bonchev–Trinajstić information content (AvgIpc) is 3.68. The zero-order valence-electron chi connectivity index (χ0n) is 44.0. The van der Waals surface area contributed by atoms with Crippen molar-refractivity contribution >= 4 is 95.0 Å². The normalized spacial score (nSPS) is 15.6. The van der Waals surface area contributed by atoms with Crippen LogP contribution in [0, 0.1) is 11.8 Å². The molecule has 0 saturated carbocycles. The number of Topliss-reactive ketones (excluding diaryl/α,β-unsaturated/α-hetero) is 3. The summed E-state index contributed by atoms with van der Waals surface area (Å²) < 4.78 is 4.62. The van der Waals surface area contributed by atoms with E-state index in [2.05, 4.69) is 31.3 Å². The van der Waals surface area contributed by atoms with Gasteiger partial charge in [-0.1, -0.05) is 67.6 Å². The first-order valence-electron chi connectivity index (χ1n) is 25.8. The first kappa shape index (κ1) is 66.2. The van der Waals surface area contributed by atoms with Gasteiger partial charge in [0.25, 0.3) is 6.47 Å². The number of nitrogens with one attached hydrogen (secondary N) is 5. The molecule has 2 aromatic carbocycles. The molecule has 436 valence electrons. The minimum atomic E-state index is -1.74. The molecule has 0 radical (unpaired) electrons. The Labute approximate surface area is 464 Å². The van der Waals surface area contributed by atoms with Gasteiger partial charge in [-0.25, -0.2) is 9.59 Å². The summed E-state index contributed by atoms with van der Waals surface area (Å²) in [5, 5.41) is 48.9. The molecule has 1 unspecified atom stereocenters. The molecular weight excluding hydrogens is 1070 g/mol. The molecule has 0 aliphatic carbocycles. The van der Waals surface area contributed by atoms with E-state index < -0.39 is 151 Å². The molecule has 26 nitrogen and oxygen atoms in total. The number of rotatable bonds is 40. The summed E-state index contributed by atoms with van der Waals surface area (Å²) in [7, 11) is 0. The zero-order chi connectivity index (χ0) is 59.3. The van der Waals surface area contributed by atoms with Gasteiger partial charge in [-0.15, -0.1) is 11.8 Å². The van der Waals surface area contributed by atoms with Crippen LogP contribution in [0.2, 0.25) is 0 Å². The zero-order valence-corrected chi connectivity index (χ0v) is 44.9. The van der Waals surface area contributed by atoms with Gasteiger partial charge in [-0.05, 0) is 49.7 Å². The molecule has 1 saturated heterocycles. The molecule has 1 aliphatic heterocycles. The van der Waals surface area contributed by atoms with Crippen molar-refractivity contribution in [2.45, 2.75) is 139 Å². The minimum Gasteiger partial charge on any atom is -0.481 e. The number of amides is 7. The van der Waals surface area contributed by atoms with E-state index in [0.717, 1.165) is 16.7 Å². The maximum atomic E-state index is 14.2. The van der Waals surface area contributed by atoms with Crippen molar-refractivity contribution in [2.75, 3.05) is 18.8 Å². The summed E-state index contributed by atoms with van der Waals surface area (Å²) in [5.74, 6) is -13.5. The molecule has 1 fully saturated rings. The lowest BCUT2D eigenvalue weighted by Gasteiger charge is -2.23. The van der Waals surface area contributed by atoms with Crippen LogP contribution in [0.1, 0.15) is 102 Å². The SMILES string of the molecule is CCCN1C(=O)CC(SC[C@H](CC(=O)[C@H](CC(=O)O)NC(=O)[C@@H](N)CNC(=O)[C@@H](CC(=O)[C@H](Cc2ccccc2)NC(=O)CCCCC(=O)CC[C@H](NC(=O)N[C@@H](CCC(=O)O)OC=O)C(=O)O)Cc2ccccc2)C(=O)O)C1=O. The Bertz CT molecular complexity index is 2520. The second-order valence-electron chi connectivity index (χ2n) is 18.9. The number of carboxylic acid groups (broad SMARTS) is 4. The topological polar surface area (TPSA) is 419 Å². The van der Waals surface area contributed by atoms with Gasteiger partial charge in [0.15, 0.2) is 17.8 Å². The number of nitrogens with zero attached hydrogens (tertiary/aromatic N) is 1. The van der Waals surface area contributed by atoms with Crippen molar-refractivity contribution in [1.82, 2.24) is 31.5 Å². The number of likely N-dealkylation sites (tertiary alicyclic amines) is 1. The number of ether oxygens (including phenoxy) is 1. The van der Waals surface area contributed by atoms with Gasteiger partial charge in [0.05, 0.1) is 36.1 Å². The second kappa shape index (κ2) is 34.7. The van der Waals surface area contributed by atoms with Crippen LogP contribution in [-0.2, 0) is 79.9 Å². The number of hydrogen-bond acceptors (Lipinski definition) is 17. The van der Waals surface area contributed by atoms with Gasteiger partial charge in [-0.3, -0.25) is 62.4 Å². The highest BCUT2D eigenvalue weighted by Crippen LogP contribution is 2.28. The Morgan fingerprint density at radius 2 is 1.30 bits per heavy atom. The number of benzene rings is 2. The standard InChI is InChI=1S/C53H69N7O19S/c1-2-21-60-45(66)27-42(50(60)73)80-29-34(51(74)75)25-41(64)39(26-47(69)70)57-49(72)36(54)28-55-48(71)33(22-31-11-5-3-6-12-31)24-40(63)38(23-32-13-7-4-8-14-32)56-43(65)16-10-9-15-35(62)17-18-37(52(76)77)58-53(78)59-44(79-30-61)19-20-46(67)68/h3-8,11-14,30,33-34,36-39,42,44H,2,9-10,15-29,54H2,1H3,(H,55,71)(H,56,65)(H,57,72)(H,67,68)(H,69,70)(H,74,75)(H,76,77)(H2,58,59,78)/t33-,34+,36+,37+,38+,39+,42?,44-/m1/s1. The number of imide groups is 1. The van der Waals surface area contributed by atoms with Gasteiger partial charge in [0, 0.05) is 69.7 Å². The highest BCUT2D eigenvalue weighted by Gasteiger charge is 2.40. The van der Waals surface area contributed by atoms with Crippen LogP contribution in [-0.4, -0.2) is 163 Å². The van der Waals surface area contributed by atoms with Crippen LogP contribution in [0.4, 0.5) is 4.79 Å². The summed E-state index contributed by atoms with van der Waals surface area (Å²) in [6, 6.07) is 10.2. The smallest absolute Gasteiger partial charge is 0.326 e. The fourth-order valence-electron chi connectivity index (χ4n) is 8.26. The third-order valence-corrected chi connectivity index (χ3v) is 13.9. The van der Waals surface area contributed by atoms with E-state index in [-0.39, 0.29) is 88.8 Å². The molecule has 27 heteroatoms. The van der Waals surface area contributed by atoms with Crippen molar-refractivity contribution in [2.24, 2.45) is 17.6 Å². The van der Waals surface area contributed by atoms with Crippen molar-refractivity contribution in [3.63, 3.8) is 0 Å². The summed E-state index contributed by atoms with van der Waals surface area (Å²) in [5.41, 5.74) is 7.45. The number of unbranched alkanes of at least 4 members (excludes halogenated alkanes) is 1. The van der Waals surface area contributed by atoms with Crippen LogP contribution in [0.5, 0.6) is 0 Å². The molecule has 2 aromatic rings. The molecule has 1 aliphatic rings. The van der Waals surface area contributed by atoms with E-state index in [9.17, 15) is 82.4 Å². The van der Waals surface area contributed by atoms with Gasteiger partial charge in [-0.2, -0.15) is 0 Å². The number of ketones is 3. The lowest BCUT2D eigenvalue weighted by atomic mass is 9.89. The van der Waals surface area contributed by atoms with Crippen molar-refractivity contribution in [3.05, 3.63) is 71.8 Å². The van der Waals surface area contributed by atoms with Gasteiger partial charge < -0.3 is 57.5 Å². The highest BCUT2D eigenvalue weighted by atomic mass is 32.2. The maximum absolute atomic E-state index is 14.2. The average molecular weight is 1140 g/mol. The first-order valence-corrected chi connectivity index (χ1v) is 26.9. The molecule has 1 heterocycles.